The van der Waals surface area contributed by atoms with Crippen LogP contribution in [0.1, 0.15) is 22.3 Å². The number of aromatic hydroxyl groups is 2. The predicted octanol–water partition coefficient (Wildman–Crippen LogP) is 0.980. The largest absolute Gasteiger partial charge is 0.508 e. The van der Waals surface area contributed by atoms with Gasteiger partial charge >= 0.3 is 0 Å². The second-order valence-electron chi connectivity index (χ2n) is 6.36. The van der Waals surface area contributed by atoms with Gasteiger partial charge in [0.25, 0.3) is 0 Å². The Hall–Kier alpha value is -2.12. The van der Waals surface area contributed by atoms with Crippen molar-refractivity contribution in [1.29, 1.82) is 0 Å². The summed E-state index contributed by atoms with van der Waals surface area (Å²) in [7, 11) is 0. The molecule has 0 fully saturated rings. The van der Waals surface area contributed by atoms with Crippen molar-refractivity contribution in [1.82, 2.24) is 10.6 Å². The number of rotatable bonds is 11. The van der Waals surface area contributed by atoms with Crippen molar-refractivity contribution in [2.45, 2.75) is 25.9 Å². The Kier molecular flexibility index (Phi) is 8.37. The Morgan fingerprint density at radius 2 is 1.12 bits per heavy atom. The summed E-state index contributed by atoms with van der Waals surface area (Å²) in [6.07, 6.45) is 1.60. The smallest absolute Gasteiger partial charge is 0.120 e. The van der Waals surface area contributed by atoms with Gasteiger partial charge in [0.1, 0.15) is 11.5 Å². The lowest BCUT2D eigenvalue weighted by Crippen LogP contribution is -2.21. The number of nitrogens with one attached hydrogen (secondary N) is 2. The fraction of sp³-hybridized carbons (Fsp3) is 0.400. The maximum atomic E-state index is 10.1. The summed E-state index contributed by atoms with van der Waals surface area (Å²) >= 11 is 0. The molecule has 26 heavy (non-hydrogen) atoms. The quantitative estimate of drug-likeness (QED) is 0.334. The molecule has 0 spiro atoms. The van der Waals surface area contributed by atoms with Crippen molar-refractivity contribution in [2.75, 3.05) is 26.2 Å². The van der Waals surface area contributed by atoms with Crippen LogP contribution in [-0.4, -0.2) is 36.4 Å². The number of phenolic OH excluding ortho intramolecular Hbond substituents is 2. The zero-order chi connectivity index (χ0) is 18.8. The van der Waals surface area contributed by atoms with E-state index in [-0.39, 0.29) is 0 Å². The highest BCUT2D eigenvalue weighted by molar-refractivity contribution is 5.39. The average molecular weight is 358 g/mol. The summed E-state index contributed by atoms with van der Waals surface area (Å²) in [4.78, 5) is 0. The Morgan fingerprint density at radius 3 is 1.46 bits per heavy atom. The highest BCUT2D eigenvalue weighted by atomic mass is 16.3. The lowest BCUT2D eigenvalue weighted by atomic mass is 10.0. The lowest BCUT2D eigenvalue weighted by Gasteiger charge is -2.10. The zero-order valence-corrected chi connectivity index (χ0v) is 15.2. The number of hydrogen-bond donors (Lipinski definition) is 6. The van der Waals surface area contributed by atoms with Gasteiger partial charge in [0.2, 0.25) is 0 Å². The molecule has 0 saturated heterocycles. The normalized spacial score (nSPS) is 11.0. The van der Waals surface area contributed by atoms with Gasteiger partial charge in [-0.3, -0.25) is 0 Å². The van der Waals surface area contributed by atoms with E-state index in [4.69, 9.17) is 11.5 Å². The average Bonchev–Trinajstić information content (AvgIpc) is 2.63. The molecule has 0 unspecified atom stereocenters. The zero-order valence-electron chi connectivity index (χ0n) is 15.2. The van der Waals surface area contributed by atoms with Crippen LogP contribution in [0.5, 0.6) is 11.5 Å². The van der Waals surface area contributed by atoms with E-state index in [2.05, 4.69) is 10.6 Å². The van der Waals surface area contributed by atoms with Crippen LogP contribution >= 0.6 is 0 Å². The Morgan fingerprint density at radius 1 is 0.692 bits per heavy atom. The first-order chi connectivity index (χ1) is 12.6. The van der Waals surface area contributed by atoms with Crippen molar-refractivity contribution in [3.63, 3.8) is 0 Å². The molecule has 0 heterocycles. The fourth-order valence-corrected chi connectivity index (χ4v) is 2.77. The van der Waals surface area contributed by atoms with Gasteiger partial charge in [-0.2, -0.15) is 0 Å². The van der Waals surface area contributed by atoms with Gasteiger partial charge in [-0.25, -0.2) is 0 Å². The monoisotopic (exact) mass is 358 g/mol. The van der Waals surface area contributed by atoms with Crippen LogP contribution in [0.15, 0.2) is 36.4 Å². The molecule has 142 valence electrons. The molecule has 0 aliphatic heterocycles. The van der Waals surface area contributed by atoms with Crippen LogP contribution in [0, 0.1) is 0 Å². The van der Waals surface area contributed by atoms with E-state index in [1.54, 1.807) is 0 Å². The summed E-state index contributed by atoms with van der Waals surface area (Å²) in [6, 6.07) is 11.6. The van der Waals surface area contributed by atoms with Gasteiger partial charge in [0.15, 0.2) is 0 Å². The second kappa shape index (κ2) is 10.8. The Bertz CT molecular complexity index is 632. The summed E-state index contributed by atoms with van der Waals surface area (Å²) in [5.74, 6) is 0.604. The second-order valence-corrected chi connectivity index (χ2v) is 6.36. The molecule has 2 aromatic carbocycles. The number of phenols is 2. The molecule has 0 radical (unpaired) electrons. The van der Waals surface area contributed by atoms with Crippen LogP contribution < -0.4 is 22.1 Å². The third kappa shape index (κ3) is 6.31. The number of nitrogens with two attached hydrogens (primary N) is 2. The minimum absolute atomic E-state index is 0.302. The van der Waals surface area contributed by atoms with E-state index in [1.165, 1.54) is 0 Å². The first kappa shape index (κ1) is 20.2. The number of benzene rings is 2. The van der Waals surface area contributed by atoms with Gasteiger partial charge in [-0.15, -0.1) is 0 Å². The molecule has 6 heteroatoms. The topological polar surface area (TPSA) is 117 Å². The maximum absolute atomic E-state index is 10.1. The van der Waals surface area contributed by atoms with Gasteiger partial charge in [0, 0.05) is 50.4 Å². The van der Waals surface area contributed by atoms with Crippen LogP contribution in [0.3, 0.4) is 0 Å². The first-order valence-corrected chi connectivity index (χ1v) is 9.07. The molecular weight excluding hydrogens is 328 g/mol. The fourth-order valence-electron chi connectivity index (χ4n) is 2.77. The van der Waals surface area contributed by atoms with Crippen molar-refractivity contribution < 1.29 is 10.2 Å². The first-order valence-electron chi connectivity index (χ1n) is 9.07. The van der Waals surface area contributed by atoms with E-state index in [0.717, 1.165) is 48.2 Å². The molecule has 6 nitrogen and oxygen atoms in total. The molecule has 0 aromatic heterocycles. The standard InChI is InChI=1S/C20H30N4O2/c21-7-9-23-13-17-5-3-15(11-19(17)25)1-2-16-4-6-18(20(26)12-16)14-24-10-8-22/h3-6,11-12,23-26H,1-2,7-10,13-14,21-22H2. The summed E-state index contributed by atoms with van der Waals surface area (Å²) in [5.41, 5.74) is 14.8. The molecule has 0 aliphatic carbocycles. The molecule has 0 amide bonds. The Labute approximate surface area is 155 Å². The highest BCUT2D eigenvalue weighted by Gasteiger charge is 2.05. The minimum atomic E-state index is 0.302. The molecular formula is C20H30N4O2. The van der Waals surface area contributed by atoms with Crippen molar-refractivity contribution in [3.05, 3.63) is 58.7 Å². The van der Waals surface area contributed by atoms with E-state index in [1.807, 2.05) is 36.4 Å². The van der Waals surface area contributed by atoms with Gasteiger partial charge in [-0.05, 0) is 36.1 Å². The Balaban J connectivity index is 1.89. The predicted molar refractivity (Wildman–Crippen MR) is 105 cm³/mol. The molecule has 8 N–H and O–H groups in total. The molecule has 2 rings (SSSR count). The molecule has 0 atom stereocenters. The van der Waals surface area contributed by atoms with Gasteiger partial charge in [-0.1, -0.05) is 24.3 Å². The summed E-state index contributed by atoms with van der Waals surface area (Å²) in [5, 5.41) is 26.6. The molecule has 0 bridgehead atoms. The number of hydrogen-bond acceptors (Lipinski definition) is 6. The molecule has 0 aliphatic rings. The maximum Gasteiger partial charge on any atom is 0.120 e. The third-order valence-corrected chi connectivity index (χ3v) is 4.27. The van der Waals surface area contributed by atoms with Crippen LogP contribution in [0.2, 0.25) is 0 Å². The van der Waals surface area contributed by atoms with E-state index in [9.17, 15) is 10.2 Å². The highest BCUT2D eigenvalue weighted by Crippen LogP contribution is 2.22. The van der Waals surface area contributed by atoms with E-state index in [0.29, 0.717) is 37.7 Å². The minimum Gasteiger partial charge on any atom is -0.508 e. The molecule has 0 saturated carbocycles. The number of aryl methyl sites for hydroxylation is 2. The van der Waals surface area contributed by atoms with Gasteiger partial charge in [0.05, 0.1) is 0 Å². The summed E-state index contributed by atoms with van der Waals surface area (Å²) < 4.78 is 0. The van der Waals surface area contributed by atoms with Gasteiger partial charge < -0.3 is 32.3 Å². The van der Waals surface area contributed by atoms with Crippen molar-refractivity contribution >= 4 is 0 Å². The SMILES string of the molecule is NCCNCc1ccc(CCc2ccc(CNCCN)c(O)c2)cc1O. The lowest BCUT2D eigenvalue weighted by molar-refractivity contribution is 0.462. The van der Waals surface area contributed by atoms with Crippen LogP contribution in [-0.2, 0) is 25.9 Å². The van der Waals surface area contributed by atoms with Crippen LogP contribution in [0.4, 0.5) is 0 Å². The van der Waals surface area contributed by atoms with Crippen molar-refractivity contribution in [3.8, 4) is 11.5 Å². The third-order valence-electron chi connectivity index (χ3n) is 4.27. The van der Waals surface area contributed by atoms with Crippen molar-refractivity contribution in [2.24, 2.45) is 11.5 Å². The molecule has 2 aromatic rings. The summed E-state index contributed by atoms with van der Waals surface area (Å²) in [6.45, 7) is 3.82. The van der Waals surface area contributed by atoms with E-state index >= 15 is 0 Å². The van der Waals surface area contributed by atoms with Crippen LogP contribution in [0.25, 0.3) is 0 Å². The van der Waals surface area contributed by atoms with E-state index < -0.39 is 0 Å².